The van der Waals surface area contributed by atoms with Crippen LogP contribution in [0.25, 0.3) is 11.5 Å². The summed E-state index contributed by atoms with van der Waals surface area (Å²) in [5.41, 5.74) is 13.9. The van der Waals surface area contributed by atoms with E-state index in [-0.39, 0.29) is 20.4 Å². The van der Waals surface area contributed by atoms with Crippen molar-refractivity contribution in [3.05, 3.63) is 11.5 Å². The van der Waals surface area contributed by atoms with Crippen molar-refractivity contribution in [1.29, 1.82) is 0 Å². The number of rotatable bonds is 12. The van der Waals surface area contributed by atoms with Crippen molar-refractivity contribution in [1.82, 2.24) is 0 Å². The fourth-order valence-corrected chi connectivity index (χ4v) is 5.17. The van der Waals surface area contributed by atoms with E-state index in [1.807, 2.05) is 0 Å². The molecule has 0 heterocycles. The second kappa shape index (κ2) is 17.6. The molecule has 8 nitrogen and oxygen atoms in total. The molecule has 0 aliphatic carbocycles. The van der Waals surface area contributed by atoms with Crippen LogP contribution in [-0.4, -0.2) is 73.4 Å². The molecule has 0 bridgehead atoms. The van der Waals surface area contributed by atoms with E-state index in [0.717, 1.165) is 24.9 Å². The Morgan fingerprint density at radius 3 is 0.913 bits per heavy atom. The topological polar surface area (TPSA) is 103 Å². The third kappa shape index (κ3) is 11.9. The summed E-state index contributed by atoms with van der Waals surface area (Å²) in [5, 5.41) is 0. The summed E-state index contributed by atoms with van der Waals surface area (Å²) < 4.78 is 30.9. The molecule has 0 unspecified atom stereocenters. The van der Waals surface area contributed by atoms with Gasteiger partial charge in [0.2, 0.25) is 0 Å². The summed E-state index contributed by atoms with van der Waals surface area (Å²) in [6.45, 7) is 0.787. The molecule has 0 saturated carbocycles. The quantitative estimate of drug-likeness (QED) is 0.413. The minimum absolute atomic E-state index is 0. The molecule has 0 aliphatic heterocycles. The van der Waals surface area contributed by atoms with Gasteiger partial charge in [-0.05, 0) is 0 Å². The Morgan fingerprint density at radius 2 is 0.783 bits per heavy atom. The van der Waals surface area contributed by atoms with Gasteiger partial charge in [0.05, 0.1) is 0 Å². The van der Waals surface area contributed by atoms with E-state index in [9.17, 15) is 0 Å². The van der Waals surface area contributed by atoms with Crippen LogP contribution >= 0.6 is 0 Å². The van der Waals surface area contributed by atoms with Gasteiger partial charge in [-0.3, -0.25) is 0 Å². The summed E-state index contributed by atoms with van der Waals surface area (Å²) in [6.07, 6.45) is 1.53. The molecule has 0 spiro atoms. The summed E-state index contributed by atoms with van der Waals surface area (Å²) >= 11 is 0. The van der Waals surface area contributed by atoms with Crippen LogP contribution in [0.2, 0.25) is 12.1 Å². The Hall–Kier alpha value is 0.776. The van der Waals surface area contributed by atoms with Crippen LogP contribution in [0.1, 0.15) is 12.8 Å². The fourth-order valence-electron chi connectivity index (χ4n) is 1.72. The third-order valence-corrected chi connectivity index (χ3v) is 8.85. The van der Waals surface area contributed by atoms with E-state index in [1.54, 1.807) is 42.7 Å². The standard InChI is InChI=1S/2C6H16NO3Si.Pd/c2*1-8-11(9-2,10-3)6-4-5-7;/h2*7H,4-6H2,1-3H3;/q2*-1;+2. The Kier molecular flexibility index (Phi) is 21.9. The van der Waals surface area contributed by atoms with Crippen molar-refractivity contribution < 1.29 is 47.0 Å². The van der Waals surface area contributed by atoms with E-state index in [1.165, 1.54) is 0 Å². The molecule has 11 heteroatoms. The van der Waals surface area contributed by atoms with E-state index < -0.39 is 17.6 Å². The maximum Gasteiger partial charge on any atom is 2.00 e. The molecule has 23 heavy (non-hydrogen) atoms. The first kappa shape index (κ1) is 28.6. The summed E-state index contributed by atoms with van der Waals surface area (Å²) in [5.74, 6) is 0. The molecule has 0 saturated heterocycles. The molecule has 0 radical (unpaired) electrons. The van der Waals surface area contributed by atoms with Gasteiger partial charge in [-0.2, -0.15) is 13.1 Å². The SMILES string of the molecule is CO[Si](CCC[NH-])(OC)OC.CO[Si](CCC[NH-])(OC)OC.[Pd+2]. The maximum absolute atomic E-state index is 6.96. The first-order valence-electron chi connectivity index (χ1n) is 7.09. The van der Waals surface area contributed by atoms with Gasteiger partial charge < -0.3 is 38.0 Å². The van der Waals surface area contributed by atoms with E-state index in [0.29, 0.717) is 13.1 Å². The zero-order chi connectivity index (χ0) is 17.5. The minimum Gasteiger partial charge on any atom is -0.677 e. The smallest absolute Gasteiger partial charge is 0.677 e. The van der Waals surface area contributed by atoms with Gasteiger partial charge >= 0.3 is 38.0 Å². The molecule has 0 atom stereocenters. The number of hydrogen-bond acceptors (Lipinski definition) is 6. The van der Waals surface area contributed by atoms with Gasteiger partial charge in [-0.15, -0.1) is 0 Å². The normalized spacial score (nSPS) is 11.5. The largest absolute Gasteiger partial charge is 2.00 e. The molecule has 0 fully saturated rings. The van der Waals surface area contributed by atoms with Gasteiger partial charge in [-0.25, -0.2) is 0 Å². The second-order valence-corrected chi connectivity index (χ2v) is 10.5. The maximum atomic E-state index is 6.96. The van der Waals surface area contributed by atoms with Crippen LogP contribution in [0.5, 0.6) is 0 Å². The third-order valence-electron chi connectivity index (χ3n) is 3.19. The van der Waals surface area contributed by atoms with Crippen LogP contribution in [0.15, 0.2) is 0 Å². The average molecular weight is 463 g/mol. The number of hydrogen-bond donors (Lipinski definition) is 0. The van der Waals surface area contributed by atoms with Gasteiger partial charge in [0.15, 0.2) is 0 Å². The Balaban J connectivity index is -0.000000333. The van der Waals surface area contributed by atoms with Crippen molar-refractivity contribution >= 4 is 17.6 Å². The molecule has 144 valence electrons. The first-order valence-corrected chi connectivity index (χ1v) is 11.0. The Morgan fingerprint density at radius 1 is 0.565 bits per heavy atom. The van der Waals surface area contributed by atoms with Crippen LogP contribution in [0.3, 0.4) is 0 Å². The van der Waals surface area contributed by atoms with E-state index in [2.05, 4.69) is 0 Å². The molecular weight excluding hydrogens is 431 g/mol. The molecule has 0 aliphatic rings. The second-order valence-electron chi connectivity index (χ2n) is 4.30. The molecular formula is C12H32N2O6PdSi2. The predicted molar refractivity (Wildman–Crippen MR) is 90.8 cm³/mol. The van der Waals surface area contributed by atoms with Crippen molar-refractivity contribution in [3.8, 4) is 0 Å². The minimum atomic E-state index is -2.36. The Bertz CT molecular complexity index is 209. The van der Waals surface area contributed by atoms with E-state index >= 15 is 0 Å². The molecule has 0 amide bonds. The average Bonchev–Trinajstić information content (AvgIpc) is 2.59. The van der Waals surface area contributed by atoms with Crippen LogP contribution in [0, 0.1) is 0 Å². The first-order chi connectivity index (χ1) is 10.5. The van der Waals surface area contributed by atoms with Gasteiger partial charge in [-0.1, -0.05) is 12.8 Å². The summed E-state index contributed by atoms with van der Waals surface area (Å²) in [4.78, 5) is 0. The Labute approximate surface area is 156 Å². The van der Waals surface area contributed by atoms with Crippen LogP contribution in [0.4, 0.5) is 0 Å². The van der Waals surface area contributed by atoms with Crippen molar-refractivity contribution in [2.75, 3.05) is 55.7 Å². The molecule has 0 aromatic rings. The predicted octanol–water partition coefficient (Wildman–Crippen LogP) is 2.61. The van der Waals surface area contributed by atoms with Crippen LogP contribution < -0.4 is 0 Å². The molecule has 2 N–H and O–H groups in total. The summed E-state index contributed by atoms with van der Waals surface area (Å²) in [7, 11) is 4.80. The van der Waals surface area contributed by atoms with Gasteiger partial charge in [0.25, 0.3) is 0 Å². The molecule has 0 aromatic carbocycles. The van der Waals surface area contributed by atoms with Crippen LogP contribution in [-0.2, 0) is 47.0 Å². The van der Waals surface area contributed by atoms with Gasteiger partial charge in [0, 0.05) is 54.7 Å². The summed E-state index contributed by atoms with van der Waals surface area (Å²) in [6, 6.07) is 1.44. The monoisotopic (exact) mass is 462 g/mol. The molecule has 0 aromatic heterocycles. The van der Waals surface area contributed by atoms with Crippen molar-refractivity contribution in [2.24, 2.45) is 0 Å². The van der Waals surface area contributed by atoms with Crippen molar-refractivity contribution in [2.45, 2.75) is 24.9 Å². The zero-order valence-electron chi connectivity index (χ0n) is 15.0. The van der Waals surface area contributed by atoms with Gasteiger partial charge in [0.1, 0.15) is 0 Å². The van der Waals surface area contributed by atoms with Crippen molar-refractivity contribution in [3.63, 3.8) is 0 Å². The number of nitrogens with one attached hydrogen (secondary N) is 2. The zero-order valence-corrected chi connectivity index (χ0v) is 18.6. The molecule has 0 rings (SSSR count). The van der Waals surface area contributed by atoms with E-state index in [4.69, 9.17) is 38.0 Å². The fraction of sp³-hybridized carbons (Fsp3) is 1.00.